The summed E-state index contributed by atoms with van der Waals surface area (Å²) in [5.74, 6) is 0.596. The molecule has 4 nitrogen and oxygen atoms in total. The maximum atomic E-state index is 11.9. The predicted molar refractivity (Wildman–Crippen MR) is 76.7 cm³/mol. The Kier molecular flexibility index (Phi) is 4.21. The van der Waals surface area contributed by atoms with Crippen LogP contribution in [0.2, 0.25) is 4.34 Å². The molecule has 0 aliphatic rings. The molecule has 0 saturated heterocycles. The van der Waals surface area contributed by atoms with Crippen LogP contribution in [0.25, 0.3) is 0 Å². The molecule has 2 aromatic rings. The Morgan fingerprint density at radius 2 is 2.33 bits per heavy atom. The van der Waals surface area contributed by atoms with Crippen molar-refractivity contribution in [3.8, 4) is 0 Å². The van der Waals surface area contributed by atoms with E-state index in [-0.39, 0.29) is 6.03 Å². The van der Waals surface area contributed by atoms with Crippen LogP contribution in [0.15, 0.2) is 17.5 Å². The van der Waals surface area contributed by atoms with Crippen molar-refractivity contribution in [3.05, 3.63) is 31.7 Å². The molecule has 0 aliphatic heterocycles. The van der Waals surface area contributed by atoms with Gasteiger partial charge >= 0.3 is 6.03 Å². The van der Waals surface area contributed by atoms with Gasteiger partial charge in [0.2, 0.25) is 0 Å². The molecule has 2 amide bonds. The van der Waals surface area contributed by atoms with E-state index >= 15 is 0 Å². The van der Waals surface area contributed by atoms with E-state index in [1.807, 2.05) is 24.4 Å². The second-order valence-electron chi connectivity index (χ2n) is 3.74. The van der Waals surface area contributed by atoms with Crippen LogP contribution in [0.5, 0.6) is 0 Å². The predicted octanol–water partition coefficient (Wildman–Crippen LogP) is 3.83. The lowest BCUT2D eigenvalue weighted by Gasteiger charge is -2.15. The first-order chi connectivity index (χ1) is 8.54. The number of halogens is 1. The number of amides is 2. The van der Waals surface area contributed by atoms with Gasteiger partial charge in [-0.1, -0.05) is 11.6 Å². The summed E-state index contributed by atoms with van der Waals surface area (Å²) in [4.78, 5) is 18.7. The van der Waals surface area contributed by atoms with Gasteiger partial charge in [0.25, 0.3) is 0 Å². The molecule has 1 N–H and O–H groups in total. The fraction of sp³-hybridized carbons (Fsp3) is 0.273. The summed E-state index contributed by atoms with van der Waals surface area (Å²) in [6, 6.07) is 3.57. The highest BCUT2D eigenvalue weighted by atomic mass is 35.5. The van der Waals surface area contributed by atoms with Crippen LogP contribution in [-0.4, -0.2) is 23.0 Å². The van der Waals surface area contributed by atoms with Crippen LogP contribution < -0.4 is 5.32 Å². The molecule has 0 bridgehead atoms. The van der Waals surface area contributed by atoms with Crippen LogP contribution in [0, 0.1) is 6.92 Å². The maximum absolute atomic E-state index is 11.9. The summed E-state index contributed by atoms with van der Waals surface area (Å²) in [5.41, 5.74) is 0. The van der Waals surface area contributed by atoms with Gasteiger partial charge in [-0.25, -0.2) is 9.78 Å². The van der Waals surface area contributed by atoms with Crippen molar-refractivity contribution in [2.45, 2.75) is 13.5 Å². The first-order valence-corrected chi connectivity index (χ1v) is 7.30. The van der Waals surface area contributed by atoms with E-state index in [4.69, 9.17) is 11.6 Å². The third-order valence-corrected chi connectivity index (χ3v) is 4.21. The monoisotopic (exact) mass is 301 g/mol. The fourth-order valence-corrected chi connectivity index (χ4v) is 3.05. The number of rotatable bonds is 3. The van der Waals surface area contributed by atoms with E-state index < -0.39 is 0 Å². The number of nitrogens with one attached hydrogen (secondary N) is 1. The molecule has 0 unspecified atom stereocenters. The highest BCUT2D eigenvalue weighted by molar-refractivity contribution is 7.16. The summed E-state index contributed by atoms with van der Waals surface area (Å²) >= 11 is 8.83. The normalized spacial score (nSPS) is 10.4. The quantitative estimate of drug-likeness (QED) is 0.936. The van der Waals surface area contributed by atoms with Gasteiger partial charge in [-0.05, 0) is 19.1 Å². The van der Waals surface area contributed by atoms with Crippen LogP contribution in [-0.2, 0) is 6.54 Å². The summed E-state index contributed by atoms with van der Waals surface area (Å²) in [6.07, 6.45) is 0. The molecule has 18 heavy (non-hydrogen) atoms. The van der Waals surface area contributed by atoms with E-state index in [1.54, 1.807) is 11.9 Å². The number of hydrogen-bond donors (Lipinski definition) is 1. The van der Waals surface area contributed by atoms with Crippen LogP contribution in [0.4, 0.5) is 10.6 Å². The highest BCUT2D eigenvalue weighted by Gasteiger charge is 2.11. The standard InChI is InChI=1S/C11H12ClN3OS2/c1-7-13-10(6-17-7)14-11(16)15(2)5-8-3-4-9(12)18-8/h3-4,6H,5H2,1-2H3,(H,14,16). The van der Waals surface area contributed by atoms with Gasteiger partial charge in [-0.15, -0.1) is 22.7 Å². The number of hydrogen-bond acceptors (Lipinski definition) is 4. The van der Waals surface area contributed by atoms with Crippen molar-refractivity contribution in [1.29, 1.82) is 0 Å². The molecule has 0 aliphatic carbocycles. The molecule has 0 saturated carbocycles. The summed E-state index contributed by atoms with van der Waals surface area (Å²) < 4.78 is 0.730. The van der Waals surface area contributed by atoms with Crippen molar-refractivity contribution in [1.82, 2.24) is 9.88 Å². The van der Waals surface area contributed by atoms with Crippen molar-refractivity contribution in [2.75, 3.05) is 12.4 Å². The van der Waals surface area contributed by atoms with E-state index in [2.05, 4.69) is 10.3 Å². The van der Waals surface area contributed by atoms with E-state index in [1.165, 1.54) is 22.7 Å². The Balaban J connectivity index is 1.92. The average Bonchev–Trinajstić information content (AvgIpc) is 2.88. The second kappa shape index (κ2) is 5.69. The molecule has 0 fully saturated rings. The molecule has 2 rings (SSSR count). The minimum Gasteiger partial charge on any atom is -0.322 e. The van der Waals surface area contributed by atoms with Crippen molar-refractivity contribution in [3.63, 3.8) is 0 Å². The van der Waals surface area contributed by atoms with Gasteiger partial charge in [-0.3, -0.25) is 5.32 Å². The number of carbonyl (C=O) groups excluding carboxylic acids is 1. The maximum Gasteiger partial charge on any atom is 0.323 e. The SMILES string of the molecule is Cc1nc(NC(=O)N(C)Cc2ccc(Cl)s2)cs1. The Bertz CT molecular complexity index is 552. The summed E-state index contributed by atoms with van der Waals surface area (Å²) in [7, 11) is 1.74. The number of aromatic nitrogens is 1. The van der Waals surface area contributed by atoms with Gasteiger partial charge < -0.3 is 4.90 Å². The van der Waals surface area contributed by atoms with Gasteiger partial charge in [0.1, 0.15) is 5.82 Å². The second-order valence-corrected chi connectivity index (χ2v) is 6.61. The van der Waals surface area contributed by atoms with E-state index in [9.17, 15) is 4.79 Å². The smallest absolute Gasteiger partial charge is 0.322 e. The summed E-state index contributed by atoms with van der Waals surface area (Å²) in [5, 5.41) is 5.50. The Hall–Kier alpha value is -1.11. The van der Waals surface area contributed by atoms with Crippen LogP contribution in [0.1, 0.15) is 9.88 Å². The topological polar surface area (TPSA) is 45.2 Å². The first-order valence-electron chi connectivity index (χ1n) is 5.23. The number of carbonyl (C=O) groups is 1. The number of thiophene rings is 1. The molecule has 96 valence electrons. The molecule has 2 aromatic heterocycles. The minimum atomic E-state index is -0.176. The lowest BCUT2D eigenvalue weighted by Crippen LogP contribution is -2.30. The zero-order valence-corrected chi connectivity index (χ0v) is 12.3. The fourth-order valence-electron chi connectivity index (χ4n) is 1.37. The van der Waals surface area contributed by atoms with Crippen molar-refractivity contribution in [2.24, 2.45) is 0 Å². The molecule has 0 spiro atoms. The molecular formula is C11H12ClN3OS2. The molecule has 0 aromatic carbocycles. The number of anilines is 1. The third-order valence-electron chi connectivity index (χ3n) is 2.22. The Morgan fingerprint density at radius 3 is 2.89 bits per heavy atom. The van der Waals surface area contributed by atoms with Crippen LogP contribution >= 0.6 is 34.3 Å². The molecule has 7 heteroatoms. The Morgan fingerprint density at radius 1 is 1.56 bits per heavy atom. The Labute approximate surface area is 118 Å². The number of urea groups is 1. The zero-order valence-electron chi connectivity index (χ0n) is 9.94. The third kappa shape index (κ3) is 3.44. The van der Waals surface area contributed by atoms with Crippen LogP contribution in [0.3, 0.4) is 0 Å². The van der Waals surface area contributed by atoms with Gasteiger partial charge in [-0.2, -0.15) is 0 Å². The number of thiazole rings is 1. The van der Waals surface area contributed by atoms with E-state index in [0.717, 1.165) is 14.2 Å². The largest absolute Gasteiger partial charge is 0.323 e. The van der Waals surface area contributed by atoms with Gasteiger partial charge in [0.15, 0.2) is 0 Å². The van der Waals surface area contributed by atoms with Crippen molar-refractivity contribution < 1.29 is 4.79 Å². The van der Waals surface area contributed by atoms with Crippen molar-refractivity contribution >= 4 is 46.1 Å². The zero-order chi connectivity index (χ0) is 13.1. The number of nitrogens with zero attached hydrogens (tertiary/aromatic N) is 2. The highest BCUT2D eigenvalue weighted by Crippen LogP contribution is 2.22. The molecule has 0 atom stereocenters. The molecule has 2 heterocycles. The minimum absolute atomic E-state index is 0.176. The first kappa shape index (κ1) is 13.3. The lowest BCUT2D eigenvalue weighted by atomic mass is 10.4. The average molecular weight is 302 g/mol. The summed E-state index contributed by atoms with van der Waals surface area (Å²) in [6.45, 7) is 2.43. The van der Waals surface area contributed by atoms with E-state index in [0.29, 0.717) is 12.4 Å². The molecular weight excluding hydrogens is 290 g/mol. The number of aryl methyl sites for hydroxylation is 1. The molecule has 0 radical (unpaired) electrons. The van der Waals surface area contributed by atoms with Gasteiger partial charge in [0.05, 0.1) is 15.9 Å². The van der Waals surface area contributed by atoms with Gasteiger partial charge in [0, 0.05) is 17.3 Å². The lowest BCUT2D eigenvalue weighted by molar-refractivity contribution is 0.221.